The van der Waals surface area contributed by atoms with Crippen LogP contribution in [0.3, 0.4) is 0 Å². The molecule has 0 saturated carbocycles. The van der Waals surface area contributed by atoms with Gasteiger partial charge in [0.15, 0.2) is 17.3 Å². The fourth-order valence-electron chi connectivity index (χ4n) is 2.94. The predicted octanol–water partition coefficient (Wildman–Crippen LogP) is 2.57. The van der Waals surface area contributed by atoms with Crippen LogP contribution in [0.25, 0.3) is 22.6 Å². The number of anilines is 2. The van der Waals surface area contributed by atoms with Crippen LogP contribution in [-0.2, 0) is 4.79 Å². The fraction of sp³-hybridized carbons (Fsp3) is 0.294. The normalized spacial score (nSPS) is 15.2. The van der Waals surface area contributed by atoms with Gasteiger partial charge in [-0.25, -0.2) is 15.0 Å². The first-order valence-electron chi connectivity index (χ1n) is 7.96. The number of aryl methyl sites for hydroxylation is 1. The maximum absolute atomic E-state index is 11.4. The molecule has 3 N–H and O–H groups in total. The van der Waals surface area contributed by atoms with Crippen LogP contribution in [0.2, 0.25) is 0 Å². The third-order valence-electron chi connectivity index (χ3n) is 4.29. The molecule has 0 radical (unpaired) electrons. The van der Waals surface area contributed by atoms with Crippen LogP contribution >= 0.6 is 0 Å². The Morgan fingerprint density at radius 3 is 2.83 bits per heavy atom. The zero-order valence-corrected chi connectivity index (χ0v) is 13.4. The molecule has 7 heteroatoms. The van der Waals surface area contributed by atoms with Crippen LogP contribution < -0.4 is 10.6 Å². The third kappa shape index (κ3) is 2.58. The Labute approximate surface area is 141 Å². The molecule has 126 valence electrons. The first-order chi connectivity index (χ1) is 11.6. The maximum atomic E-state index is 11.4. The van der Waals surface area contributed by atoms with Crippen LogP contribution in [0, 0.1) is 6.92 Å². The maximum Gasteiger partial charge on any atom is 0.161 e. The number of ketones is 1. The second-order valence-corrected chi connectivity index (χ2v) is 6.09. The van der Waals surface area contributed by atoms with Crippen LogP contribution in [0.15, 0.2) is 24.4 Å². The summed E-state index contributed by atoms with van der Waals surface area (Å²) in [5, 5.41) is 0. The number of nitrogens with two attached hydrogens (primary N) is 1. The number of aromatic nitrogens is 4. The Morgan fingerprint density at radius 1 is 1.25 bits per heavy atom. The van der Waals surface area contributed by atoms with Crippen molar-refractivity contribution in [1.29, 1.82) is 0 Å². The molecule has 1 aliphatic heterocycles. The topological polar surface area (TPSA) is 101 Å². The zero-order chi connectivity index (χ0) is 16.7. The zero-order valence-electron chi connectivity index (χ0n) is 13.4. The summed E-state index contributed by atoms with van der Waals surface area (Å²) in [6.45, 7) is 3.36. The Balaban J connectivity index is 0.00000121. The summed E-state index contributed by atoms with van der Waals surface area (Å²) >= 11 is 0. The largest absolute Gasteiger partial charge is 0.382 e. The van der Waals surface area contributed by atoms with Crippen molar-refractivity contribution in [1.82, 2.24) is 19.9 Å². The molecule has 0 unspecified atom stereocenters. The number of imidazole rings is 1. The lowest BCUT2D eigenvalue weighted by Crippen LogP contribution is -2.34. The third-order valence-corrected chi connectivity index (χ3v) is 4.29. The number of fused-ring (bicyclic) bond motifs is 1. The smallest absolute Gasteiger partial charge is 0.161 e. The molecular formula is C17H22N6O. The minimum Gasteiger partial charge on any atom is -0.382 e. The van der Waals surface area contributed by atoms with Crippen molar-refractivity contribution in [3.05, 3.63) is 30.0 Å². The van der Waals surface area contributed by atoms with E-state index >= 15 is 0 Å². The average Bonchev–Trinajstić information content (AvgIpc) is 2.99. The standard InChI is InChI=1S/C17H18N6O.2H2/c1-10-2-3-12-13(8-10)21-17(20-12)15-16(18)19-9-14(22-15)23-6-4-11(24)5-7-23;;/h2-3,8-9H,4-7H2,1H3,(H2,18,19)(H,20,21);2*1H. The summed E-state index contributed by atoms with van der Waals surface area (Å²) in [5.41, 5.74) is 9.53. The lowest BCUT2D eigenvalue weighted by molar-refractivity contribution is -0.119. The number of nitrogen functional groups attached to an aromatic ring is 1. The van der Waals surface area contributed by atoms with E-state index in [1.807, 2.05) is 25.1 Å². The number of carbonyl (C=O) groups is 1. The lowest BCUT2D eigenvalue weighted by atomic mass is 10.1. The van der Waals surface area contributed by atoms with E-state index in [1.165, 1.54) is 0 Å². The molecule has 4 rings (SSSR count). The number of aromatic amines is 1. The van der Waals surface area contributed by atoms with E-state index in [4.69, 9.17) is 5.73 Å². The van der Waals surface area contributed by atoms with Gasteiger partial charge in [0.1, 0.15) is 11.6 Å². The van der Waals surface area contributed by atoms with Crippen molar-refractivity contribution in [2.45, 2.75) is 19.8 Å². The molecule has 24 heavy (non-hydrogen) atoms. The molecule has 1 fully saturated rings. The summed E-state index contributed by atoms with van der Waals surface area (Å²) in [5.74, 6) is 1.96. The van der Waals surface area contributed by atoms with Crippen molar-refractivity contribution in [2.75, 3.05) is 23.7 Å². The van der Waals surface area contributed by atoms with Crippen molar-refractivity contribution in [2.24, 2.45) is 0 Å². The summed E-state index contributed by atoms with van der Waals surface area (Å²) in [7, 11) is 0. The summed E-state index contributed by atoms with van der Waals surface area (Å²) in [6.07, 6.45) is 2.75. The predicted molar refractivity (Wildman–Crippen MR) is 97.0 cm³/mol. The highest BCUT2D eigenvalue weighted by atomic mass is 16.1. The molecule has 1 aliphatic rings. The number of rotatable bonds is 2. The minimum absolute atomic E-state index is 0. The van der Waals surface area contributed by atoms with Gasteiger partial charge in [0, 0.05) is 28.8 Å². The number of carbonyl (C=O) groups excluding carboxylic acids is 1. The highest BCUT2D eigenvalue weighted by Crippen LogP contribution is 2.26. The summed E-state index contributed by atoms with van der Waals surface area (Å²) < 4.78 is 0. The molecule has 0 aliphatic carbocycles. The second-order valence-electron chi connectivity index (χ2n) is 6.09. The number of hydrogen-bond donors (Lipinski definition) is 2. The van der Waals surface area contributed by atoms with Crippen molar-refractivity contribution in [3.8, 4) is 11.5 Å². The number of Topliss-reactive ketones (excluding diaryl/α,β-unsaturated/α-hetero) is 1. The first kappa shape index (κ1) is 14.6. The molecule has 0 atom stereocenters. The minimum atomic E-state index is 0. The molecule has 0 spiro atoms. The fourth-order valence-corrected chi connectivity index (χ4v) is 2.94. The molecule has 3 heterocycles. The van der Waals surface area contributed by atoms with E-state index in [-0.39, 0.29) is 2.85 Å². The average molecular weight is 326 g/mol. The second kappa shape index (κ2) is 5.59. The number of benzene rings is 1. The van der Waals surface area contributed by atoms with E-state index in [2.05, 4.69) is 24.8 Å². The van der Waals surface area contributed by atoms with Gasteiger partial charge >= 0.3 is 0 Å². The Bertz CT molecular complexity index is 932. The van der Waals surface area contributed by atoms with E-state index in [0.29, 0.717) is 49.1 Å². The first-order valence-corrected chi connectivity index (χ1v) is 7.96. The number of H-pyrrole nitrogens is 1. The van der Waals surface area contributed by atoms with Crippen LogP contribution in [0.4, 0.5) is 11.6 Å². The van der Waals surface area contributed by atoms with Crippen molar-refractivity contribution in [3.63, 3.8) is 0 Å². The van der Waals surface area contributed by atoms with Gasteiger partial charge in [-0.3, -0.25) is 4.79 Å². The van der Waals surface area contributed by atoms with Gasteiger partial charge in [-0.05, 0) is 24.6 Å². The summed E-state index contributed by atoms with van der Waals surface area (Å²) in [6, 6.07) is 6.02. The lowest BCUT2D eigenvalue weighted by Gasteiger charge is -2.27. The van der Waals surface area contributed by atoms with E-state index in [1.54, 1.807) is 6.20 Å². The summed E-state index contributed by atoms with van der Waals surface area (Å²) in [4.78, 5) is 30.2. The Hall–Kier alpha value is -2.96. The molecular weight excluding hydrogens is 304 g/mol. The molecule has 1 saturated heterocycles. The molecule has 0 amide bonds. The van der Waals surface area contributed by atoms with E-state index < -0.39 is 0 Å². The quantitative estimate of drug-likeness (QED) is 0.750. The Morgan fingerprint density at radius 2 is 2.04 bits per heavy atom. The highest BCUT2D eigenvalue weighted by Gasteiger charge is 2.20. The molecule has 7 nitrogen and oxygen atoms in total. The van der Waals surface area contributed by atoms with Gasteiger partial charge in [-0.1, -0.05) is 6.07 Å². The van der Waals surface area contributed by atoms with Gasteiger partial charge in [-0.15, -0.1) is 0 Å². The molecule has 2 aromatic heterocycles. The monoisotopic (exact) mass is 326 g/mol. The molecule has 3 aromatic rings. The number of nitrogens with one attached hydrogen (secondary N) is 1. The molecule has 0 bridgehead atoms. The molecule has 1 aromatic carbocycles. The van der Waals surface area contributed by atoms with Gasteiger partial charge in [-0.2, -0.15) is 0 Å². The number of nitrogens with zero attached hydrogens (tertiary/aromatic N) is 4. The number of piperidine rings is 1. The van der Waals surface area contributed by atoms with E-state index in [0.717, 1.165) is 22.4 Å². The Kier molecular flexibility index (Phi) is 3.41. The van der Waals surface area contributed by atoms with Gasteiger partial charge in [0.25, 0.3) is 0 Å². The van der Waals surface area contributed by atoms with Crippen LogP contribution in [0.1, 0.15) is 21.3 Å². The van der Waals surface area contributed by atoms with E-state index in [9.17, 15) is 4.79 Å². The van der Waals surface area contributed by atoms with Crippen molar-refractivity contribution < 1.29 is 7.65 Å². The highest BCUT2D eigenvalue weighted by molar-refractivity contribution is 5.82. The van der Waals surface area contributed by atoms with Crippen molar-refractivity contribution >= 4 is 28.5 Å². The van der Waals surface area contributed by atoms with Crippen LogP contribution in [-0.4, -0.2) is 38.8 Å². The SMILES string of the molecule is Cc1ccc2nc(-c3nc(N4CCC(=O)CC4)cnc3N)[nH]c2c1.[HH].[HH]. The van der Waals surface area contributed by atoms with Gasteiger partial charge < -0.3 is 15.6 Å². The van der Waals surface area contributed by atoms with Gasteiger partial charge in [0.05, 0.1) is 17.2 Å². The van der Waals surface area contributed by atoms with Crippen LogP contribution in [0.5, 0.6) is 0 Å². The van der Waals surface area contributed by atoms with Gasteiger partial charge in [0.2, 0.25) is 0 Å². The number of hydrogen-bond acceptors (Lipinski definition) is 6.